The van der Waals surface area contributed by atoms with Gasteiger partial charge in [-0.2, -0.15) is 0 Å². The van der Waals surface area contributed by atoms with Crippen LogP contribution in [-0.2, 0) is 6.42 Å². The minimum atomic E-state index is -0.573. The van der Waals surface area contributed by atoms with Gasteiger partial charge in [0, 0.05) is 16.8 Å². The van der Waals surface area contributed by atoms with E-state index in [2.05, 4.69) is 4.98 Å². The lowest BCUT2D eigenvalue weighted by Gasteiger charge is -2.08. The molecule has 0 saturated carbocycles. The molecule has 0 amide bonds. The van der Waals surface area contributed by atoms with Crippen molar-refractivity contribution in [2.45, 2.75) is 12.5 Å². The molecule has 1 atom stereocenters. The minimum Gasteiger partial charge on any atom is -0.386 e. The van der Waals surface area contributed by atoms with Gasteiger partial charge in [-0.15, -0.1) is 11.3 Å². The monoisotopic (exact) mass is 239 g/mol. The zero-order valence-electron chi connectivity index (χ0n) is 7.93. The highest BCUT2D eigenvalue weighted by molar-refractivity contribution is 7.07. The molecule has 2 rings (SSSR count). The smallest absolute Gasteiger partial charge is 0.101 e. The van der Waals surface area contributed by atoms with E-state index < -0.39 is 6.10 Å². The molecule has 0 radical (unpaired) electrons. The van der Waals surface area contributed by atoms with Gasteiger partial charge < -0.3 is 5.11 Å². The van der Waals surface area contributed by atoms with E-state index in [4.69, 9.17) is 11.6 Å². The van der Waals surface area contributed by atoms with Crippen LogP contribution in [0.5, 0.6) is 0 Å². The number of hydrogen-bond donors (Lipinski definition) is 1. The van der Waals surface area contributed by atoms with E-state index in [0.29, 0.717) is 17.1 Å². The van der Waals surface area contributed by atoms with Crippen molar-refractivity contribution in [3.05, 3.63) is 51.4 Å². The summed E-state index contributed by atoms with van der Waals surface area (Å²) in [7, 11) is 0. The molecule has 0 aliphatic rings. The molecule has 0 aliphatic carbocycles. The zero-order valence-corrected chi connectivity index (χ0v) is 9.50. The van der Waals surface area contributed by atoms with Crippen molar-refractivity contribution < 1.29 is 5.11 Å². The Morgan fingerprint density at radius 2 is 2.20 bits per heavy atom. The van der Waals surface area contributed by atoms with Crippen LogP contribution in [0.4, 0.5) is 0 Å². The first-order valence-electron chi connectivity index (χ1n) is 4.57. The van der Waals surface area contributed by atoms with E-state index in [-0.39, 0.29) is 0 Å². The summed E-state index contributed by atoms with van der Waals surface area (Å²) in [6.07, 6.45) is -0.0696. The van der Waals surface area contributed by atoms with E-state index in [1.54, 1.807) is 5.51 Å². The van der Waals surface area contributed by atoms with Crippen molar-refractivity contribution in [3.8, 4) is 0 Å². The Morgan fingerprint density at radius 3 is 2.87 bits per heavy atom. The van der Waals surface area contributed by atoms with Gasteiger partial charge in [0.2, 0.25) is 0 Å². The number of nitrogens with zero attached hydrogens (tertiary/aromatic N) is 1. The molecule has 1 aromatic heterocycles. The number of aliphatic hydroxyl groups is 1. The molecule has 0 spiro atoms. The molecule has 2 nitrogen and oxygen atoms in total. The third-order valence-electron chi connectivity index (χ3n) is 2.16. The van der Waals surface area contributed by atoms with E-state index in [1.807, 2.05) is 29.6 Å². The molecule has 1 unspecified atom stereocenters. The van der Waals surface area contributed by atoms with Crippen LogP contribution in [0.15, 0.2) is 35.2 Å². The molecule has 78 valence electrons. The molecule has 0 fully saturated rings. The summed E-state index contributed by atoms with van der Waals surface area (Å²) in [5.41, 5.74) is 3.37. The Balaban J connectivity index is 2.13. The first kappa shape index (κ1) is 10.6. The van der Waals surface area contributed by atoms with Gasteiger partial charge >= 0.3 is 0 Å². The van der Waals surface area contributed by atoms with Crippen molar-refractivity contribution in [1.29, 1.82) is 0 Å². The SMILES string of the molecule is OC(Cc1ccccc1Cl)c1cscn1. The van der Waals surface area contributed by atoms with Gasteiger partial charge in [-0.25, -0.2) is 4.98 Å². The summed E-state index contributed by atoms with van der Waals surface area (Å²) in [5.74, 6) is 0. The number of halogens is 1. The van der Waals surface area contributed by atoms with Crippen molar-refractivity contribution in [3.63, 3.8) is 0 Å². The summed E-state index contributed by atoms with van der Waals surface area (Å²) in [6.45, 7) is 0. The van der Waals surface area contributed by atoms with Gasteiger partial charge in [-0.05, 0) is 11.6 Å². The molecule has 0 aliphatic heterocycles. The maximum Gasteiger partial charge on any atom is 0.101 e. The molecular formula is C11H10ClNOS. The number of aromatic nitrogens is 1. The quantitative estimate of drug-likeness (QED) is 0.893. The summed E-state index contributed by atoms with van der Waals surface area (Å²) in [6, 6.07) is 7.53. The van der Waals surface area contributed by atoms with E-state index in [0.717, 1.165) is 5.56 Å². The molecule has 1 heterocycles. The van der Waals surface area contributed by atoms with Gasteiger partial charge in [-0.1, -0.05) is 29.8 Å². The second-order valence-electron chi connectivity index (χ2n) is 3.22. The van der Waals surface area contributed by atoms with Gasteiger partial charge in [-0.3, -0.25) is 0 Å². The van der Waals surface area contributed by atoms with Gasteiger partial charge in [0.1, 0.15) is 6.10 Å². The maximum absolute atomic E-state index is 9.87. The van der Waals surface area contributed by atoms with Gasteiger partial charge in [0.25, 0.3) is 0 Å². The first-order chi connectivity index (χ1) is 7.27. The predicted octanol–water partition coefficient (Wildman–Crippen LogP) is 3.07. The minimum absolute atomic E-state index is 0.503. The lowest BCUT2D eigenvalue weighted by atomic mass is 10.1. The lowest BCUT2D eigenvalue weighted by molar-refractivity contribution is 0.174. The highest BCUT2D eigenvalue weighted by Gasteiger charge is 2.11. The predicted molar refractivity (Wildman–Crippen MR) is 62.2 cm³/mol. The van der Waals surface area contributed by atoms with Crippen LogP contribution < -0.4 is 0 Å². The first-order valence-corrected chi connectivity index (χ1v) is 5.89. The number of aliphatic hydroxyl groups excluding tert-OH is 1. The number of hydrogen-bond acceptors (Lipinski definition) is 3. The van der Waals surface area contributed by atoms with Crippen LogP contribution in [0.2, 0.25) is 5.02 Å². The molecule has 1 aromatic carbocycles. The summed E-state index contributed by atoms with van der Waals surface area (Å²) < 4.78 is 0. The zero-order chi connectivity index (χ0) is 10.7. The molecule has 0 bridgehead atoms. The van der Waals surface area contributed by atoms with Crippen LogP contribution in [-0.4, -0.2) is 10.1 Å². The van der Waals surface area contributed by atoms with Crippen LogP contribution in [0.1, 0.15) is 17.4 Å². The van der Waals surface area contributed by atoms with Crippen molar-refractivity contribution >= 4 is 22.9 Å². The van der Waals surface area contributed by atoms with E-state index in [1.165, 1.54) is 11.3 Å². The normalized spacial score (nSPS) is 12.7. The standard InChI is InChI=1S/C11H10ClNOS/c12-9-4-2-1-3-8(9)5-11(14)10-6-15-7-13-10/h1-4,6-7,11,14H,5H2. The summed E-state index contributed by atoms with van der Waals surface area (Å²) >= 11 is 7.48. The van der Waals surface area contributed by atoms with E-state index >= 15 is 0 Å². The fraction of sp³-hybridized carbons (Fsp3) is 0.182. The van der Waals surface area contributed by atoms with Crippen LogP contribution in [0, 0.1) is 0 Å². The Labute approximate surface area is 97.2 Å². The number of thiazole rings is 1. The molecule has 1 N–H and O–H groups in total. The Morgan fingerprint density at radius 1 is 1.40 bits per heavy atom. The van der Waals surface area contributed by atoms with Gasteiger partial charge in [0.15, 0.2) is 0 Å². The summed E-state index contributed by atoms with van der Waals surface area (Å²) in [5, 5.41) is 12.4. The second kappa shape index (κ2) is 4.75. The third-order valence-corrected chi connectivity index (χ3v) is 3.14. The highest BCUT2D eigenvalue weighted by atomic mass is 35.5. The fourth-order valence-electron chi connectivity index (χ4n) is 1.36. The number of benzene rings is 1. The maximum atomic E-state index is 9.87. The van der Waals surface area contributed by atoms with E-state index in [9.17, 15) is 5.11 Å². The van der Waals surface area contributed by atoms with Crippen molar-refractivity contribution in [1.82, 2.24) is 4.98 Å². The van der Waals surface area contributed by atoms with Crippen LogP contribution >= 0.6 is 22.9 Å². The Bertz CT molecular complexity index is 430. The highest BCUT2D eigenvalue weighted by Crippen LogP contribution is 2.22. The van der Waals surface area contributed by atoms with Gasteiger partial charge in [0.05, 0.1) is 11.2 Å². The lowest BCUT2D eigenvalue weighted by Crippen LogP contribution is -2.02. The largest absolute Gasteiger partial charge is 0.386 e. The molecule has 15 heavy (non-hydrogen) atoms. The third kappa shape index (κ3) is 2.56. The average Bonchev–Trinajstić information content (AvgIpc) is 2.74. The molecule has 2 aromatic rings. The Kier molecular flexibility index (Phi) is 3.36. The van der Waals surface area contributed by atoms with Crippen LogP contribution in [0.25, 0.3) is 0 Å². The number of rotatable bonds is 3. The van der Waals surface area contributed by atoms with Crippen LogP contribution in [0.3, 0.4) is 0 Å². The van der Waals surface area contributed by atoms with Crippen molar-refractivity contribution in [2.75, 3.05) is 0 Å². The second-order valence-corrected chi connectivity index (χ2v) is 4.35. The molecular weight excluding hydrogens is 230 g/mol. The average molecular weight is 240 g/mol. The topological polar surface area (TPSA) is 33.1 Å². The summed E-state index contributed by atoms with van der Waals surface area (Å²) in [4.78, 5) is 4.07. The van der Waals surface area contributed by atoms with Crippen molar-refractivity contribution in [2.24, 2.45) is 0 Å². The Hall–Kier alpha value is -0.900. The molecule has 4 heteroatoms. The fourth-order valence-corrected chi connectivity index (χ4v) is 2.18. The molecule has 0 saturated heterocycles.